The van der Waals surface area contributed by atoms with Crippen LogP contribution in [0, 0.1) is 5.92 Å². The van der Waals surface area contributed by atoms with Gasteiger partial charge in [-0.15, -0.1) is 5.10 Å². The highest BCUT2D eigenvalue weighted by molar-refractivity contribution is 7.99. The number of rotatable bonds is 5. The van der Waals surface area contributed by atoms with Crippen molar-refractivity contribution in [1.82, 2.24) is 24.5 Å². The summed E-state index contributed by atoms with van der Waals surface area (Å²) in [5.74, 6) is 0.307. The quantitative estimate of drug-likeness (QED) is 0.588. The van der Waals surface area contributed by atoms with Crippen molar-refractivity contribution in [2.75, 3.05) is 25.4 Å². The number of thioether (sulfide) groups is 1. The fraction of sp³-hybridized carbons (Fsp3) is 0.533. The Morgan fingerprint density at radius 3 is 3.12 bits per heavy atom. The van der Waals surface area contributed by atoms with Crippen LogP contribution in [-0.4, -0.2) is 61.8 Å². The Kier molecular flexibility index (Phi) is 5.29. The first-order chi connectivity index (χ1) is 11.7. The van der Waals surface area contributed by atoms with Crippen molar-refractivity contribution >= 4 is 29.4 Å². The average Bonchev–Trinajstić information content (AvgIpc) is 3.03. The molecule has 1 fully saturated rings. The predicted molar refractivity (Wildman–Crippen MR) is 87.4 cm³/mol. The summed E-state index contributed by atoms with van der Waals surface area (Å²) >= 11 is 1.28. The number of esters is 1. The molecule has 1 saturated heterocycles. The maximum absolute atomic E-state index is 12.4. The van der Waals surface area contributed by atoms with Crippen LogP contribution in [0.1, 0.15) is 19.8 Å². The SMILES string of the molecule is CCOC(=O)[C@@H]1CCCN(C(=O)CSc2nc3ncccn3n2)C1. The van der Waals surface area contributed by atoms with E-state index in [0.29, 0.717) is 30.6 Å². The number of piperidine rings is 1. The molecule has 0 radical (unpaired) electrons. The monoisotopic (exact) mass is 349 g/mol. The highest BCUT2D eigenvalue weighted by Crippen LogP contribution is 2.20. The summed E-state index contributed by atoms with van der Waals surface area (Å²) in [6.07, 6.45) is 4.99. The Hall–Kier alpha value is -2.16. The summed E-state index contributed by atoms with van der Waals surface area (Å²) in [4.78, 5) is 34.3. The maximum atomic E-state index is 12.4. The van der Waals surface area contributed by atoms with Gasteiger partial charge in [0.25, 0.3) is 5.78 Å². The zero-order valence-corrected chi connectivity index (χ0v) is 14.2. The van der Waals surface area contributed by atoms with Gasteiger partial charge in [0.05, 0.1) is 18.3 Å². The maximum Gasteiger partial charge on any atom is 0.310 e. The fourth-order valence-electron chi connectivity index (χ4n) is 2.65. The molecule has 1 amide bonds. The molecule has 2 aromatic heterocycles. The molecule has 0 bridgehead atoms. The van der Waals surface area contributed by atoms with Gasteiger partial charge in [0.1, 0.15) is 0 Å². The molecule has 0 aromatic carbocycles. The lowest BCUT2D eigenvalue weighted by Crippen LogP contribution is -2.43. The number of amides is 1. The van der Waals surface area contributed by atoms with Gasteiger partial charge in [-0.25, -0.2) is 9.50 Å². The number of aromatic nitrogens is 4. The first-order valence-electron chi connectivity index (χ1n) is 7.92. The lowest BCUT2D eigenvalue weighted by molar-refractivity contribution is -0.151. The first-order valence-corrected chi connectivity index (χ1v) is 8.90. The van der Waals surface area contributed by atoms with Gasteiger partial charge in [-0.05, 0) is 25.8 Å². The molecule has 0 saturated carbocycles. The number of carbonyl (C=O) groups excluding carboxylic acids is 2. The second-order valence-electron chi connectivity index (χ2n) is 5.48. The lowest BCUT2D eigenvalue weighted by atomic mass is 9.98. The minimum absolute atomic E-state index is 0.0131. The van der Waals surface area contributed by atoms with E-state index in [-0.39, 0.29) is 23.5 Å². The van der Waals surface area contributed by atoms with Crippen LogP contribution in [0.3, 0.4) is 0 Å². The summed E-state index contributed by atoms with van der Waals surface area (Å²) < 4.78 is 6.63. The van der Waals surface area contributed by atoms with Crippen LogP contribution < -0.4 is 0 Å². The molecule has 2 aromatic rings. The second kappa shape index (κ2) is 7.61. The van der Waals surface area contributed by atoms with Gasteiger partial charge in [-0.2, -0.15) is 4.98 Å². The number of hydrogen-bond donors (Lipinski definition) is 0. The molecular formula is C15H19N5O3S. The summed E-state index contributed by atoms with van der Waals surface area (Å²) in [5.41, 5.74) is 0. The van der Waals surface area contributed by atoms with E-state index < -0.39 is 0 Å². The van der Waals surface area contributed by atoms with Gasteiger partial charge in [0, 0.05) is 25.5 Å². The molecule has 1 atom stereocenters. The molecule has 0 aliphatic carbocycles. The van der Waals surface area contributed by atoms with Crippen LogP contribution in [0.15, 0.2) is 23.6 Å². The van der Waals surface area contributed by atoms with Crippen molar-refractivity contribution in [1.29, 1.82) is 0 Å². The van der Waals surface area contributed by atoms with E-state index in [1.54, 1.807) is 34.8 Å². The van der Waals surface area contributed by atoms with E-state index >= 15 is 0 Å². The summed E-state index contributed by atoms with van der Waals surface area (Å²) in [7, 11) is 0. The van der Waals surface area contributed by atoms with Crippen LogP contribution in [0.2, 0.25) is 0 Å². The van der Waals surface area contributed by atoms with Gasteiger partial charge in [-0.3, -0.25) is 9.59 Å². The second-order valence-corrected chi connectivity index (χ2v) is 6.42. The van der Waals surface area contributed by atoms with E-state index in [9.17, 15) is 9.59 Å². The van der Waals surface area contributed by atoms with E-state index in [4.69, 9.17) is 4.74 Å². The van der Waals surface area contributed by atoms with Crippen LogP contribution in [0.4, 0.5) is 0 Å². The zero-order chi connectivity index (χ0) is 16.9. The molecule has 0 spiro atoms. The van der Waals surface area contributed by atoms with E-state index in [1.807, 2.05) is 0 Å². The van der Waals surface area contributed by atoms with Crippen LogP contribution >= 0.6 is 11.8 Å². The molecule has 9 heteroatoms. The largest absolute Gasteiger partial charge is 0.466 e. The van der Waals surface area contributed by atoms with Gasteiger partial charge in [0.2, 0.25) is 11.1 Å². The molecule has 0 unspecified atom stereocenters. The van der Waals surface area contributed by atoms with Gasteiger partial charge in [0.15, 0.2) is 0 Å². The molecule has 24 heavy (non-hydrogen) atoms. The van der Waals surface area contributed by atoms with Crippen molar-refractivity contribution in [2.24, 2.45) is 5.92 Å². The lowest BCUT2D eigenvalue weighted by Gasteiger charge is -2.31. The predicted octanol–water partition coefficient (Wildman–Crippen LogP) is 1.02. The number of likely N-dealkylation sites (tertiary alicyclic amines) is 1. The van der Waals surface area contributed by atoms with Gasteiger partial charge in [-0.1, -0.05) is 11.8 Å². The third-order valence-corrected chi connectivity index (χ3v) is 4.64. The van der Waals surface area contributed by atoms with Crippen molar-refractivity contribution in [3.63, 3.8) is 0 Å². The van der Waals surface area contributed by atoms with E-state index in [2.05, 4.69) is 15.1 Å². The minimum atomic E-state index is -0.217. The molecule has 3 heterocycles. The molecule has 8 nitrogen and oxygen atoms in total. The molecule has 128 valence electrons. The standard InChI is InChI=1S/C15H19N5O3S/c1-2-23-13(22)11-5-3-7-19(9-11)12(21)10-24-15-17-14-16-6-4-8-20(14)18-15/h4,6,8,11H,2-3,5,7,9-10H2,1H3/t11-/m1/s1. The van der Waals surface area contributed by atoms with Crippen molar-refractivity contribution in [3.05, 3.63) is 18.5 Å². The van der Waals surface area contributed by atoms with Gasteiger partial charge < -0.3 is 9.64 Å². The van der Waals surface area contributed by atoms with Crippen LogP contribution in [0.5, 0.6) is 0 Å². The Balaban J connectivity index is 1.55. The number of hydrogen-bond acceptors (Lipinski definition) is 7. The summed E-state index contributed by atoms with van der Waals surface area (Å²) in [6.45, 7) is 3.26. The zero-order valence-electron chi connectivity index (χ0n) is 13.4. The number of ether oxygens (including phenoxy) is 1. The highest BCUT2D eigenvalue weighted by Gasteiger charge is 2.29. The average molecular weight is 349 g/mol. The molecule has 1 aliphatic heterocycles. The topological polar surface area (TPSA) is 89.7 Å². The highest BCUT2D eigenvalue weighted by atomic mass is 32.2. The van der Waals surface area contributed by atoms with Crippen LogP contribution in [-0.2, 0) is 14.3 Å². The third-order valence-electron chi connectivity index (χ3n) is 3.82. The van der Waals surface area contributed by atoms with Crippen molar-refractivity contribution in [3.8, 4) is 0 Å². The molecule has 3 rings (SSSR count). The van der Waals surface area contributed by atoms with E-state index in [0.717, 1.165) is 12.8 Å². The number of nitrogens with zero attached hydrogens (tertiary/aromatic N) is 5. The first kappa shape index (κ1) is 16.7. The third kappa shape index (κ3) is 3.84. The Labute approximate surface area is 143 Å². The normalized spacial score (nSPS) is 17.9. The van der Waals surface area contributed by atoms with Crippen molar-refractivity contribution < 1.29 is 14.3 Å². The number of fused-ring (bicyclic) bond motifs is 1. The summed E-state index contributed by atoms with van der Waals surface area (Å²) in [6, 6.07) is 1.77. The Morgan fingerprint density at radius 2 is 2.33 bits per heavy atom. The fourth-order valence-corrected chi connectivity index (χ4v) is 3.38. The number of carbonyl (C=O) groups is 2. The van der Waals surface area contributed by atoms with Gasteiger partial charge >= 0.3 is 5.97 Å². The van der Waals surface area contributed by atoms with Crippen LogP contribution in [0.25, 0.3) is 5.78 Å². The Morgan fingerprint density at radius 1 is 1.46 bits per heavy atom. The van der Waals surface area contributed by atoms with Crippen molar-refractivity contribution in [2.45, 2.75) is 24.9 Å². The molecule has 0 N–H and O–H groups in total. The molecule has 1 aliphatic rings. The minimum Gasteiger partial charge on any atom is -0.466 e. The summed E-state index contributed by atoms with van der Waals surface area (Å²) in [5, 5.41) is 4.77. The van der Waals surface area contributed by atoms with E-state index in [1.165, 1.54) is 11.8 Å². The smallest absolute Gasteiger partial charge is 0.310 e. The Bertz CT molecular complexity index is 702. The molecular weight excluding hydrogens is 330 g/mol.